The van der Waals surface area contributed by atoms with E-state index in [-0.39, 0.29) is 18.2 Å². The van der Waals surface area contributed by atoms with Gasteiger partial charge in [-0.05, 0) is 31.8 Å². The smallest absolute Gasteiger partial charge is 0.158 e. The first-order chi connectivity index (χ1) is 5.11. The molecule has 1 unspecified atom stereocenters. The first kappa shape index (κ1) is 11.4. The van der Waals surface area contributed by atoms with Gasteiger partial charge in [0.2, 0.25) is 0 Å². The van der Waals surface area contributed by atoms with E-state index in [2.05, 4.69) is 6.58 Å². The monoisotopic (exact) mass is 186 g/mol. The summed E-state index contributed by atoms with van der Waals surface area (Å²) in [6.45, 7) is 7.74. The highest BCUT2D eigenvalue weighted by Crippen LogP contribution is 2.25. The van der Waals surface area contributed by atoms with Gasteiger partial charge in [-0.1, -0.05) is 18.2 Å². The summed E-state index contributed by atoms with van der Waals surface area (Å²) in [5.74, 6) is 0.676. The zero-order valence-corrected chi connectivity index (χ0v) is 8.41. The van der Waals surface area contributed by atoms with Crippen molar-refractivity contribution in [3.8, 4) is 0 Å². The Morgan fingerprint density at radius 3 is 2.67 bits per heavy atom. The minimum Gasteiger partial charge on any atom is -0.295 e. The number of carbonyl (C=O) groups is 1. The van der Waals surface area contributed by atoms with E-state index in [1.807, 2.05) is 19.9 Å². The lowest BCUT2D eigenvalue weighted by atomic mass is 9.85. The number of hydrogen-bond acceptors (Lipinski definition) is 1. The topological polar surface area (TPSA) is 17.1 Å². The van der Waals surface area contributed by atoms with Gasteiger partial charge in [0.25, 0.3) is 0 Å². The molecule has 0 radical (unpaired) electrons. The molecule has 1 aliphatic rings. The summed E-state index contributed by atoms with van der Waals surface area (Å²) in [4.78, 5) is 11.2. The largest absolute Gasteiger partial charge is 0.295 e. The van der Waals surface area contributed by atoms with Crippen molar-refractivity contribution in [2.24, 2.45) is 5.92 Å². The summed E-state index contributed by atoms with van der Waals surface area (Å²) in [7, 11) is 0. The molecule has 12 heavy (non-hydrogen) atoms. The zero-order chi connectivity index (χ0) is 8.43. The minimum absolute atomic E-state index is 0. The van der Waals surface area contributed by atoms with E-state index >= 15 is 0 Å². The highest BCUT2D eigenvalue weighted by Gasteiger charge is 2.18. The molecule has 1 aliphatic carbocycles. The van der Waals surface area contributed by atoms with Crippen LogP contribution in [0, 0.1) is 5.92 Å². The lowest BCUT2D eigenvalue weighted by Gasteiger charge is -2.18. The number of Topliss-reactive ketones (excluding diaryl/α,β-unsaturated/α-hetero) is 1. The standard InChI is InChI=1S/C10H14O.ClH/c1-7(2)9-5-4-8(3)10(11)6-9;/h4,9H,1,5-6H2,2-3H3;1H. The SMILES string of the molecule is C=C(C)C1CC=C(C)C(=O)C1.Cl. The van der Waals surface area contributed by atoms with E-state index in [4.69, 9.17) is 0 Å². The van der Waals surface area contributed by atoms with Crippen LogP contribution in [0.1, 0.15) is 26.7 Å². The van der Waals surface area contributed by atoms with Crippen molar-refractivity contribution in [3.05, 3.63) is 23.8 Å². The Morgan fingerprint density at radius 2 is 2.25 bits per heavy atom. The van der Waals surface area contributed by atoms with Gasteiger partial charge < -0.3 is 0 Å². The van der Waals surface area contributed by atoms with Crippen LogP contribution in [0.25, 0.3) is 0 Å². The first-order valence-electron chi connectivity index (χ1n) is 3.96. The predicted molar refractivity (Wildman–Crippen MR) is 53.6 cm³/mol. The second-order valence-electron chi connectivity index (χ2n) is 3.29. The zero-order valence-electron chi connectivity index (χ0n) is 7.59. The van der Waals surface area contributed by atoms with Crippen molar-refractivity contribution in [3.63, 3.8) is 0 Å². The van der Waals surface area contributed by atoms with Crippen LogP contribution in [0.15, 0.2) is 23.8 Å². The van der Waals surface area contributed by atoms with Gasteiger partial charge in [-0.25, -0.2) is 0 Å². The van der Waals surface area contributed by atoms with Crippen LogP contribution in [0.5, 0.6) is 0 Å². The molecule has 0 spiro atoms. The number of carbonyl (C=O) groups excluding carboxylic acids is 1. The summed E-state index contributed by atoms with van der Waals surface area (Å²) in [5.41, 5.74) is 2.05. The van der Waals surface area contributed by atoms with Crippen molar-refractivity contribution >= 4 is 18.2 Å². The van der Waals surface area contributed by atoms with Crippen molar-refractivity contribution in [1.82, 2.24) is 0 Å². The van der Waals surface area contributed by atoms with Crippen LogP contribution in [0.2, 0.25) is 0 Å². The molecule has 0 fully saturated rings. The number of halogens is 1. The summed E-state index contributed by atoms with van der Waals surface area (Å²) in [6.07, 6.45) is 3.68. The van der Waals surface area contributed by atoms with E-state index in [0.717, 1.165) is 17.6 Å². The van der Waals surface area contributed by atoms with Gasteiger partial charge in [0.05, 0.1) is 0 Å². The van der Waals surface area contributed by atoms with Gasteiger partial charge in [-0.2, -0.15) is 0 Å². The summed E-state index contributed by atoms with van der Waals surface area (Å²) in [5, 5.41) is 0. The molecule has 0 amide bonds. The van der Waals surface area contributed by atoms with Crippen LogP contribution in [-0.2, 0) is 4.79 Å². The van der Waals surface area contributed by atoms with Crippen LogP contribution in [0.3, 0.4) is 0 Å². The first-order valence-corrected chi connectivity index (χ1v) is 3.96. The maximum Gasteiger partial charge on any atom is 0.158 e. The van der Waals surface area contributed by atoms with Crippen molar-refractivity contribution < 1.29 is 4.79 Å². The second-order valence-corrected chi connectivity index (χ2v) is 3.29. The molecule has 2 heteroatoms. The Labute approximate surface area is 80.0 Å². The Hall–Kier alpha value is -0.560. The van der Waals surface area contributed by atoms with E-state index in [1.165, 1.54) is 0 Å². The molecule has 0 N–H and O–H groups in total. The fourth-order valence-corrected chi connectivity index (χ4v) is 1.28. The van der Waals surface area contributed by atoms with Gasteiger partial charge in [-0.15, -0.1) is 12.4 Å². The van der Waals surface area contributed by atoms with E-state index in [9.17, 15) is 4.79 Å². The lowest BCUT2D eigenvalue weighted by molar-refractivity contribution is -0.116. The van der Waals surface area contributed by atoms with Crippen molar-refractivity contribution in [2.45, 2.75) is 26.7 Å². The molecular formula is C10H15ClO. The van der Waals surface area contributed by atoms with E-state index in [1.54, 1.807) is 0 Å². The summed E-state index contributed by atoms with van der Waals surface area (Å²) < 4.78 is 0. The Balaban J connectivity index is 0.00000121. The van der Waals surface area contributed by atoms with Gasteiger partial charge in [0.15, 0.2) is 5.78 Å². The molecule has 0 saturated heterocycles. The third kappa shape index (κ3) is 2.49. The van der Waals surface area contributed by atoms with Gasteiger partial charge >= 0.3 is 0 Å². The Morgan fingerprint density at radius 1 is 1.67 bits per heavy atom. The fraction of sp³-hybridized carbons (Fsp3) is 0.500. The lowest BCUT2D eigenvalue weighted by Crippen LogP contribution is -2.14. The molecule has 0 bridgehead atoms. The fourth-order valence-electron chi connectivity index (χ4n) is 1.28. The predicted octanol–water partition coefficient (Wildman–Crippen LogP) is 2.91. The van der Waals surface area contributed by atoms with Crippen molar-refractivity contribution in [1.29, 1.82) is 0 Å². The van der Waals surface area contributed by atoms with Crippen LogP contribution in [-0.4, -0.2) is 5.78 Å². The molecule has 0 aromatic carbocycles. The molecule has 1 atom stereocenters. The third-order valence-corrected chi connectivity index (χ3v) is 2.28. The highest BCUT2D eigenvalue weighted by atomic mass is 35.5. The molecule has 0 heterocycles. The maximum atomic E-state index is 11.2. The molecule has 0 aliphatic heterocycles. The molecule has 1 nitrogen and oxygen atoms in total. The van der Waals surface area contributed by atoms with E-state index in [0.29, 0.717) is 12.3 Å². The molecule has 68 valence electrons. The summed E-state index contributed by atoms with van der Waals surface area (Å²) in [6, 6.07) is 0. The normalized spacial score (nSPS) is 22.7. The number of ketones is 1. The number of rotatable bonds is 1. The quantitative estimate of drug-likeness (QED) is 0.576. The average molecular weight is 187 g/mol. The van der Waals surface area contributed by atoms with Crippen LogP contribution >= 0.6 is 12.4 Å². The van der Waals surface area contributed by atoms with Crippen molar-refractivity contribution in [2.75, 3.05) is 0 Å². The van der Waals surface area contributed by atoms with E-state index < -0.39 is 0 Å². The molecule has 1 rings (SSSR count). The van der Waals surface area contributed by atoms with Crippen LogP contribution < -0.4 is 0 Å². The van der Waals surface area contributed by atoms with Crippen LogP contribution in [0.4, 0.5) is 0 Å². The maximum absolute atomic E-state index is 11.2. The Bertz CT molecular complexity index is 228. The highest BCUT2D eigenvalue weighted by molar-refractivity contribution is 5.95. The molecular weight excluding hydrogens is 172 g/mol. The minimum atomic E-state index is 0. The third-order valence-electron chi connectivity index (χ3n) is 2.28. The van der Waals surface area contributed by atoms with Gasteiger partial charge in [0.1, 0.15) is 0 Å². The number of allylic oxidation sites excluding steroid dienone is 3. The number of hydrogen-bond donors (Lipinski definition) is 0. The second kappa shape index (κ2) is 4.46. The van der Waals surface area contributed by atoms with Gasteiger partial charge in [0, 0.05) is 6.42 Å². The summed E-state index contributed by atoms with van der Waals surface area (Å²) >= 11 is 0. The Kier molecular flexibility index (Phi) is 4.25. The molecule has 0 saturated carbocycles. The molecule has 0 aromatic rings. The average Bonchev–Trinajstić information content (AvgIpc) is 1.94. The van der Waals surface area contributed by atoms with Gasteiger partial charge in [-0.3, -0.25) is 4.79 Å². The molecule has 0 aromatic heterocycles.